The highest BCUT2D eigenvalue weighted by Gasteiger charge is 2.33. The largest absolute Gasteiger partial charge is 0.457 e. The molecule has 1 aliphatic rings. The average molecular weight is 360 g/mol. The van der Waals surface area contributed by atoms with Crippen LogP contribution in [0, 0.1) is 0 Å². The molecule has 1 nitrogen and oxygen atoms in total. The summed E-state index contributed by atoms with van der Waals surface area (Å²) in [5.41, 5.74) is 0. The van der Waals surface area contributed by atoms with E-state index in [2.05, 4.69) is 12.1 Å². The predicted octanol–water partition coefficient (Wildman–Crippen LogP) is 5.40. The Labute approximate surface area is 130 Å². The van der Waals surface area contributed by atoms with E-state index in [1.165, 1.54) is 5.30 Å². The van der Waals surface area contributed by atoms with E-state index in [0.29, 0.717) is 0 Å². The molecule has 2 aromatic carbocycles. The third-order valence-electron chi connectivity index (χ3n) is 2.52. The van der Waals surface area contributed by atoms with E-state index in [9.17, 15) is 0 Å². The molecular weight excluding hydrogens is 350 g/mol. The molecule has 98 valence electrons. The first-order valence-corrected chi connectivity index (χ1v) is 15.3. The fourth-order valence-electron chi connectivity index (χ4n) is 1.63. The molecule has 0 aliphatic carbocycles. The molecule has 1 aliphatic heterocycles. The van der Waals surface area contributed by atoms with Crippen molar-refractivity contribution < 1.29 is 4.74 Å². The summed E-state index contributed by atoms with van der Waals surface area (Å²) in [5, 5.41) is 0.573. The minimum atomic E-state index is -1.45. The molecule has 2 aromatic rings. The van der Waals surface area contributed by atoms with E-state index in [4.69, 9.17) is 28.4 Å². The van der Waals surface area contributed by atoms with Gasteiger partial charge in [0.1, 0.15) is 11.5 Å². The lowest BCUT2D eigenvalue weighted by atomic mass is 10.3. The van der Waals surface area contributed by atoms with E-state index in [1.54, 1.807) is 0 Å². The Bertz CT molecular complexity index is 645. The number of hydrogen-bond donors (Lipinski definition) is 0. The van der Waals surface area contributed by atoms with Gasteiger partial charge < -0.3 is 4.74 Å². The van der Waals surface area contributed by atoms with Gasteiger partial charge in [-0.3, -0.25) is 0 Å². The zero-order chi connectivity index (χ0) is 13.3. The van der Waals surface area contributed by atoms with Crippen molar-refractivity contribution in [1.82, 2.24) is 0 Å². The van der Waals surface area contributed by atoms with Crippen molar-refractivity contribution >= 4 is 60.5 Å². The molecule has 0 aromatic heterocycles. The highest BCUT2D eigenvalue weighted by atomic mass is 33.7. The summed E-state index contributed by atoms with van der Waals surface area (Å²) in [5.74, 6) is 1.69. The molecule has 1 saturated heterocycles. The van der Waals surface area contributed by atoms with Crippen molar-refractivity contribution in [3.63, 3.8) is 0 Å². The van der Waals surface area contributed by atoms with Gasteiger partial charge in [0.15, 0.2) is 0 Å². The SMILES string of the molecule is S=[PH]1SP(=S)(c2ccc(Oc3ccccc3)cc2)S1. The van der Waals surface area contributed by atoms with Crippen LogP contribution in [0.1, 0.15) is 0 Å². The Hall–Kier alpha value is 0.240. The van der Waals surface area contributed by atoms with Crippen molar-refractivity contribution in [2.75, 3.05) is 0 Å². The van der Waals surface area contributed by atoms with E-state index < -0.39 is 9.54 Å². The maximum absolute atomic E-state index is 5.77. The molecule has 0 saturated carbocycles. The van der Waals surface area contributed by atoms with Crippen molar-refractivity contribution in [3.8, 4) is 11.5 Å². The average Bonchev–Trinajstić information content (AvgIpc) is 2.39. The summed E-state index contributed by atoms with van der Waals surface area (Å²) in [7, 11) is 0. The van der Waals surface area contributed by atoms with Crippen molar-refractivity contribution in [3.05, 3.63) is 54.6 Å². The van der Waals surface area contributed by atoms with Crippen LogP contribution in [0.5, 0.6) is 11.5 Å². The first-order valence-electron chi connectivity index (χ1n) is 5.52. The van der Waals surface area contributed by atoms with Crippen LogP contribution in [0.15, 0.2) is 54.6 Å². The monoisotopic (exact) mass is 360 g/mol. The van der Waals surface area contributed by atoms with Crippen LogP contribution in [0.25, 0.3) is 0 Å². The number of benzene rings is 2. The quantitative estimate of drug-likeness (QED) is 0.676. The summed E-state index contributed by atoms with van der Waals surface area (Å²) in [6, 6.07) is 17.9. The van der Waals surface area contributed by atoms with Crippen LogP contribution < -0.4 is 10.0 Å². The van der Waals surface area contributed by atoms with Gasteiger partial charge in [-0.1, -0.05) is 63.8 Å². The van der Waals surface area contributed by atoms with Crippen LogP contribution in [-0.4, -0.2) is 0 Å². The molecule has 0 atom stereocenters. The summed E-state index contributed by atoms with van der Waals surface area (Å²) in [6.07, 6.45) is 0. The lowest BCUT2D eigenvalue weighted by Crippen LogP contribution is -2.00. The minimum Gasteiger partial charge on any atom is -0.457 e. The van der Waals surface area contributed by atoms with Gasteiger partial charge in [0, 0.05) is 5.30 Å². The van der Waals surface area contributed by atoms with Crippen molar-refractivity contribution in [2.45, 2.75) is 0 Å². The van der Waals surface area contributed by atoms with Gasteiger partial charge in [-0.25, -0.2) is 0 Å². The third-order valence-corrected chi connectivity index (χ3v) is 31.6. The van der Waals surface area contributed by atoms with Crippen LogP contribution in [0.4, 0.5) is 0 Å². The normalized spacial score (nSPS) is 25.6. The topological polar surface area (TPSA) is 9.23 Å². The highest BCUT2D eigenvalue weighted by Crippen LogP contribution is 2.96. The fourth-order valence-corrected chi connectivity index (χ4v) is 37.0. The van der Waals surface area contributed by atoms with E-state index in [0.717, 1.165) is 11.5 Å². The summed E-state index contributed by atoms with van der Waals surface area (Å²) >= 11 is 14.7. The smallest absolute Gasteiger partial charge is 0.127 e. The lowest BCUT2D eigenvalue weighted by Gasteiger charge is -2.30. The Balaban J connectivity index is 1.76. The molecular formula is C12H10OP2S4. The van der Waals surface area contributed by atoms with Gasteiger partial charge in [-0.05, 0) is 36.4 Å². The zero-order valence-electron chi connectivity index (χ0n) is 9.68. The molecule has 19 heavy (non-hydrogen) atoms. The first kappa shape index (κ1) is 14.2. The Morgan fingerprint density at radius 2 is 1.47 bits per heavy atom. The standard InChI is InChI=1S/C12H10OP2S4/c16-14-18-15(17,19-14)12-8-6-11(7-9-12)13-10-4-2-1-3-5-10/h1-9,14H. The summed E-state index contributed by atoms with van der Waals surface area (Å²) in [6.45, 7) is 0. The molecule has 0 amide bonds. The van der Waals surface area contributed by atoms with Gasteiger partial charge in [0.2, 0.25) is 0 Å². The van der Waals surface area contributed by atoms with Gasteiger partial charge >= 0.3 is 0 Å². The van der Waals surface area contributed by atoms with Crippen LogP contribution in [0.2, 0.25) is 0 Å². The van der Waals surface area contributed by atoms with Crippen LogP contribution in [0.3, 0.4) is 0 Å². The highest BCUT2D eigenvalue weighted by molar-refractivity contribution is 9.44. The second kappa shape index (κ2) is 5.93. The first-order chi connectivity index (χ1) is 9.16. The van der Waals surface area contributed by atoms with Gasteiger partial charge in [0.05, 0.1) is 9.54 Å². The van der Waals surface area contributed by atoms with Crippen LogP contribution >= 0.6 is 31.5 Å². The molecule has 0 radical (unpaired) electrons. The molecule has 0 bridgehead atoms. The maximum atomic E-state index is 5.77. The van der Waals surface area contributed by atoms with Crippen LogP contribution in [-0.2, 0) is 23.6 Å². The fraction of sp³-hybridized carbons (Fsp3) is 0. The predicted molar refractivity (Wildman–Crippen MR) is 97.7 cm³/mol. The third kappa shape index (κ3) is 3.29. The number of hydrogen-bond acceptors (Lipinski definition) is 5. The molecule has 1 fully saturated rings. The van der Waals surface area contributed by atoms with Crippen molar-refractivity contribution in [1.29, 1.82) is 0 Å². The van der Waals surface area contributed by atoms with E-state index >= 15 is 0 Å². The second-order valence-corrected chi connectivity index (χ2v) is 23.6. The second-order valence-electron chi connectivity index (χ2n) is 3.84. The zero-order valence-corrected chi connectivity index (χ0v) is 14.8. The molecule has 0 unspecified atom stereocenters. The van der Waals surface area contributed by atoms with Gasteiger partial charge in [0.25, 0.3) is 0 Å². The Kier molecular flexibility index (Phi) is 4.43. The van der Waals surface area contributed by atoms with E-state index in [1.807, 2.05) is 64.5 Å². The summed E-state index contributed by atoms with van der Waals surface area (Å²) in [4.78, 5) is 0. The summed E-state index contributed by atoms with van der Waals surface area (Å²) < 4.78 is 4.32. The number of rotatable bonds is 3. The van der Waals surface area contributed by atoms with Crippen molar-refractivity contribution in [2.24, 2.45) is 0 Å². The Morgan fingerprint density at radius 1 is 0.895 bits per heavy atom. The molecule has 7 heteroatoms. The van der Waals surface area contributed by atoms with E-state index in [-0.39, 0.29) is 0 Å². The Morgan fingerprint density at radius 3 is 2.05 bits per heavy atom. The molecule has 0 N–H and O–H groups in total. The molecule has 0 spiro atoms. The minimum absolute atomic E-state index is 0.674. The lowest BCUT2D eigenvalue weighted by molar-refractivity contribution is 0.483. The number of para-hydroxylation sites is 1. The number of ether oxygens (including phenoxy) is 1. The molecule has 3 rings (SSSR count). The maximum Gasteiger partial charge on any atom is 0.127 e. The molecule has 1 heterocycles. The van der Waals surface area contributed by atoms with Gasteiger partial charge in [-0.15, -0.1) is 0 Å². The van der Waals surface area contributed by atoms with Gasteiger partial charge in [-0.2, -0.15) is 0 Å².